The molecular formula is C12H13NO2. The number of amides is 1. The van der Waals surface area contributed by atoms with Crippen molar-refractivity contribution in [2.75, 3.05) is 7.11 Å². The predicted molar refractivity (Wildman–Crippen MR) is 55.9 cm³/mol. The van der Waals surface area contributed by atoms with Crippen LogP contribution >= 0.6 is 0 Å². The Kier molecular flexibility index (Phi) is 1.75. The van der Waals surface area contributed by atoms with Crippen LogP contribution in [0.3, 0.4) is 0 Å². The standard InChI is InChI=1S/C12H13NO2/c1-15-9-4-2-3-8-10(9)12(14)13-11(8)7-5-6-7/h2-4,7,11H,5-6H2,1H3,(H,13,14). The van der Waals surface area contributed by atoms with Crippen LogP contribution in [0.5, 0.6) is 5.75 Å². The molecule has 1 N–H and O–H groups in total. The molecule has 0 aromatic heterocycles. The molecule has 1 unspecified atom stereocenters. The van der Waals surface area contributed by atoms with E-state index in [0.29, 0.717) is 11.7 Å². The van der Waals surface area contributed by atoms with Gasteiger partial charge in [-0.1, -0.05) is 12.1 Å². The van der Waals surface area contributed by atoms with Crippen molar-refractivity contribution in [1.29, 1.82) is 0 Å². The van der Waals surface area contributed by atoms with Gasteiger partial charge in [0, 0.05) is 0 Å². The summed E-state index contributed by atoms with van der Waals surface area (Å²) in [5.74, 6) is 1.34. The number of rotatable bonds is 2. The van der Waals surface area contributed by atoms with Crippen molar-refractivity contribution in [2.45, 2.75) is 18.9 Å². The number of nitrogens with one attached hydrogen (secondary N) is 1. The molecule has 2 aliphatic rings. The smallest absolute Gasteiger partial charge is 0.255 e. The van der Waals surface area contributed by atoms with Gasteiger partial charge in [0.05, 0.1) is 18.7 Å². The minimum absolute atomic E-state index is 0.0133. The molecule has 0 bridgehead atoms. The number of fused-ring (bicyclic) bond motifs is 1. The van der Waals surface area contributed by atoms with E-state index in [9.17, 15) is 4.79 Å². The van der Waals surface area contributed by atoms with E-state index >= 15 is 0 Å². The fourth-order valence-corrected chi connectivity index (χ4v) is 2.31. The number of carbonyl (C=O) groups is 1. The van der Waals surface area contributed by atoms with E-state index in [1.807, 2.05) is 18.2 Å². The molecule has 1 amide bonds. The summed E-state index contributed by atoms with van der Waals surface area (Å²) in [6.45, 7) is 0. The van der Waals surface area contributed by atoms with Gasteiger partial charge in [0.25, 0.3) is 5.91 Å². The number of hydrogen-bond acceptors (Lipinski definition) is 2. The van der Waals surface area contributed by atoms with Crippen LogP contribution in [-0.2, 0) is 0 Å². The monoisotopic (exact) mass is 203 g/mol. The third-order valence-corrected chi connectivity index (χ3v) is 3.22. The first-order chi connectivity index (χ1) is 7.31. The molecular weight excluding hydrogens is 190 g/mol. The zero-order chi connectivity index (χ0) is 10.4. The molecule has 3 heteroatoms. The van der Waals surface area contributed by atoms with E-state index in [0.717, 1.165) is 11.1 Å². The summed E-state index contributed by atoms with van der Waals surface area (Å²) >= 11 is 0. The highest BCUT2D eigenvalue weighted by Gasteiger charge is 2.40. The average molecular weight is 203 g/mol. The Bertz CT molecular complexity index is 424. The molecule has 15 heavy (non-hydrogen) atoms. The van der Waals surface area contributed by atoms with Crippen LogP contribution in [0.2, 0.25) is 0 Å². The second-order valence-corrected chi connectivity index (χ2v) is 4.21. The minimum Gasteiger partial charge on any atom is -0.496 e. The number of methoxy groups -OCH3 is 1. The predicted octanol–water partition coefficient (Wildman–Crippen LogP) is 1.89. The van der Waals surface area contributed by atoms with E-state index in [1.54, 1.807) is 7.11 Å². The highest BCUT2D eigenvalue weighted by atomic mass is 16.5. The normalized spacial score (nSPS) is 23.5. The maximum atomic E-state index is 11.8. The molecule has 1 heterocycles. The second-order valence-electron chi connectivity index (χ2n) is 4.21. The SMILES string of the molecule is COc1cccc2c1C(=O)NC2C1CC1. The summed E-state index contributed by atoms with van der Waals surface area (Å²) in [5, 5.41) is 3.04. The van der Waals surface area contributed by atoms with Crippen LogP contribution in [0.15, 0.2) is 18.2 Å². The third-order valence-electron chi connectivity index (χ3n) is 3.22. The molecule has 1 aliphatic heterocycles. The molecule has 3 rings (SSSR count). The lowest BCUT2D eigenvalue weighted by atomic mass is 10.0. The lowest BCUT2D eigenvalue weighted by molar-refractivity contribution is 0.0950. The average Bonchev–Trinajstić information content (AvgIpc) is 3.04. The van der Waals surface area contributed by atoms with Gasteiger partial charge in [-0.2, -0.15) is 0 Å². The topological polar surface area (TPSA) is 38.3 Å². The minimum atomic E-state index is 0.0133. The van der Waals surface area contributed by atoms with E-state index < -0.39 is 0 Å². The Hall–Kier alpha value is -1.51. The highest BCUT2D eigenvalue weighted by molar-refractivity contribution is 6.01. The van der Waals surface area contributed by atoms with Crippen LogP contribution in [0.25, 0.3) is 0 Å². The lowest BCUT2D eigenvalue weighted by Gasteiger charge is -2.09. The summed E-state index contributed by atoms with van der Waals surface area (Å²) in [6.07, 6.45) is 2.45. The van der Waals surface area contributed by atoms with E-state index in [1.165, 1.54) is 12.8 Å². The number of benzene rings is 1. The van der Waals surface area contributed by atoms with E-state index in [2.05, 4.69) is 5.32 Å². The van der Waals surface area contributed by atoms with Gasteiger partial charge in [-0.15, -0.1) is 0 Å². The van der Waals surface area contributed by atoms with Gasteiger partial charge >= 0.3 is 0 Å². The van der Waals surface area contributed by atoms with Crippen molar-refractivity contribution in [3.05, 3.63) is 29.3 Å². The van der Waals surface area contributed by atoms with Gasteiger partial charge in [0.1, 0.15) is 5.75 Å². The molecule has 0 spiro atoms. The molecule has 1 saturated carbocycles. The summed E-state index contributed by atoms with van der Waals surface area (Å²) in [4.78, 5) is 11.8. The van der Waals surface area contributed by atoms with Gasteiger partial charge in [0.15, 0.2) is 0 Å². The van der Waals surface area contributed by atoms with Gasteiger partial charge in [0.2, 0.25) is 0 Å². The van der Waals surface area contributed by atoms with E-state index in [-0.39, 0.29) is 11.9 Å². The van der Waals surface area contributed by atoms with Crippen LogP contribution in [0.4, 0.5) is 0 Å². The maximum absolute atomic E-state index is 11.8. The zero-order valence-electron chi connectivity index (χ0n) is 8.62. The van der Waals surface area contributed by atoms with Gasteiger partial charge in [-0.25, -0.2) is 0 Å². The Morgan fingerprint density at radius 3 is 2.87 bits per heavy atom. The van der Waals surface area contributed by atoms with Crippen molar-refractivity contribution < 1.29 is 9.53 Å². The Morgan fingerprint density at radius 2 is 2.20 bits per heavy atom. The Morgan fingerprint density at radius 1 is 1.40 bits per heavy atom. The van der Waals surface area contributed by atoms with E-state index in [4.69, 9.17) is 4.74 Å². The first-order valence-electron chi connectivity index (χ1n) is 5.29. The van der Waals surface area contributed by atoms with Crippen molar-refractivity contribution in [1.82, 2.24) is 5.32 Å². The number of ether oxygens (including phenoxy) is 1. The molecule has 1 aromatic carbocycles. The van der Waals surface area contributed by atoms with Crippen molar-refractivity contribution in [3.8, 4) is 5.75 Å². The fourth-order valence-electron chi connectivity index (χ4n) is 2.31. The molecule has 1 aliphatic carbocycles. The second kappa shape index (κ2) is 2.99. The Labute approximate surface area is 88.4 Å². The fraction of sp³-hybridized carbons (Fsp3) is 0.417. The first kappa shape index (κ1) is 8.77. The van der Waals surface area contributed by atoms with Crippen molar-refractivity contribution in [2.24, 2.45) is 5.92 Å². The molecule has 1 fully saturated rings. The van der Waals surface area contributed by atoms with Crippen molar-refractivity contribution in [3.63, 3.8) is 0 Å². The third kappa shape index (κ3) is 1.23. The Balaban J connectivity index is 2.10. The molecule has 0 saturated heterocycles. The van der Waals surface area contributed by atoms with Crippen LogP contribution in [-0.4, -0.2) is 13.0 Å². The molecule has 78 valence electrons. The molecule has 1 atom stereocenters. The maximum Gasteiger partial charge on any atom is 0.255 e. The molecule has 3 nitrogen and oxygen atoms in total. The summed E-state index contributed by atoms with van der Waals surface area (Å²) in [6, 6.07) is 6.04. The van der Waals surface area contributed by atoms with Crippen LogP contribution in [0, 0.1) is 5.92 Å². The lowest BCUT2D eigenvalue weighted by Crippen LogP contribution is -2.20. The summed E-state index contributed by atoms with van der Waals surface area (Å²) in [7, 11) is 1.60. The quantitative estimate of drug-likeness (QED) is 0.797. The van der Waals surface area contributed by atoms with Crippen molar-refractivity contribution >= 4 is 5.91 Å². The largest absolute Gasteiger partial charge is 0.496 e. The summed E-state index contributed by atoms with van der Waals surface area (Å²) < 4.78 is 5.22. The number of hydrogen-bond donors (Lipinski definition) is 1. The van der Waals surface area contributed by atoms with Crippen LogP contribution in [0.1, 0.15) is 34.8 Å². The summed E-state index contributed by atoms with van der Waals surface area (Å²) in [5.41, 5.74) is 1.85. The number of carbonyl (C=O) groups excluding carboxylic acids is 1. The van der Waals surface area contributed by atoms with Gasteiger partial charge in [-0.05, 0) is 30.4 Å². The van der Waals surface area contributed by atoms with Crippen LogP contribution < -0.4 is 10.1 Å². The van der Waals surface area contributed by atoms with Gasteiger partial charge < -0.3 is 10.1 Å². The first-order valence-corrected chi connectivity index (χ1v) is 5.29. The molecule has 0 radical (unpaired) electrons. The highest BCUT2D eigenvalue weighted by Crippen LogP contribution is 2.46. The zero-order valence-corrected chi connectivity index (χ0v) is 8.62. The molecule has 1 aromatic rings. The van der Waals surface area contributed by atoms with Gasteiger partial charge in [-0.3, -0.25) is 4.79 Å².